The van der Waals surface area contributed by atoms with Gasteiger partial charge < -0.3 is 9.47 Å². The number of rotatable bonds is 7. The van der Waals surface area contributed by atoms with E-state index in [1.807, 2.05) is 25.3 Å². The van der Waals surface area contributed by atoms with Crippen LogP contribution >= 0.6 is 0 Å². The molecule has 0 amide bonds. The van der Waals surface area contributed by atoms with Gasteiger partial charge in [0, 0.05) is 31.8 Å². The number of pyridine rings is 1. The Balaban J connectivity index is 1.69. The molecule has 0 aliphatic carbocycles. The summed E-state index contributed by atoms with van der Waals surface area (Å²) in [4.78, 5) is 19.4. The lowest BCUT2D eigenvalue weighted by molar-refractivity contribution is -0.160. The number of benzene rings is 1. The Labute approximate surface area is 155 Å². The molecule has 1 saturated heterocycles. The number of carbonyl (C=O) groups excluding carboxylic acids is 1. The summed E-state index contributed by atoms with van der Waals surface area (Å²) in [6.07, 6.45) is 4.24. The lowest BCUT2D eigenvalue weighted by Crippen LogP contribution is -2.45. The van der Waals surface area contributed by atoms with Crippen LogP contribution in [0.4, 0.5) is 0 Å². The smallest absolute Gasteiger partial charge is 0.312 e. The van der Waals surface area contributed by atoms with Gasteiger partial charge in [0.25, 0.3) is 0 Å². The molecule has 2 aromatic rings. The number of para-hydroxylation sites is 1. The summed E-state index contributed by atoms with van der Waals surface area (Å²) in [6, 6.07) is 10.3. The molecule has 140 valence electrons. The van der Waals surface area contributed by atoms with Crippen molar-refractivity contribution in [3.05, 3.63) is 42.1 Å². The fraction of sp³-hybridized carbons (Fsp3) is 0.524. The first-order chi connectivity index (χ1) is 12.7. The molecule has 26 heavy (non-hydrogen) atoms. The minimum atomic E-state index is -0.400. The van der Waals surface area contributed by atoms with Crippen LogP contribution in [0.15, 0.2) is 36.5 Å². The van der Waals surface area contributed by atoms with Gasteiger partial charge >= 0.3 is 5.97 Å². The summed E-state index contributed by atoms with van der Waals surface area (Å²) in [5.74, 6) is -0.0638. The number of aromatic nitrogens is 1. The van der Waals surface area contributed by atoms with Crippen LogP contribution in [0, 0.1) is 5.41 Å². The fourth-order valence-corrected chi connectivity index (χ4v) is 3.81. The number of likely N-dealkylation sites (tertiary alicyclic amines) is 1. The first-order valence-electron chi connectivity index (χ1n) is 9.40. The molecule has 5 heteroatoms. The molecule has 3 rings (SSSR count). The van der Waals surface area contributed by atoms with Crippen LogP contribution in [-0.2, 0) is 20.8 Å². The summed E-state index contributed by atoms with van der Waals surface area (Å²) in [7, 11) is 1.68. The Kier molecular flexibility index (Phi) is 6.22. The average Bonchev–Trinajstić information content (AvgIpc) is 2.68. The molecule has 1 aromatic heterocycles. The topological polar surface area (TPSA) is 51.7 Å². The third kappa shape index (κ3) is 4.05. The molecule has 0 atom stereocenters. The lowest BCUT2D eigenvalue weighted by Gasteiger charge is -2.40. The normalized spacial score (nSPS) is 17.3. The molecule has 5 nitrogen and oxygen atoms in total. The van der Waals surface area contributed by atoms with E-state index < -0.39 is 5.41 Å². The molecule has 0 bridgehead atoms. The predicted octanol–water partition coefficient (Wildman–Crippen LogP) is 3.42. The van der Waals surface area contributed by atoms with Gasteiger partial charge in [-0.3, -0.25) is 14.7 Å². The van der Waals surface area contributed by atoms with Gasteiger partial charge in [0.2, 0.25) is 0 Å². The highest BCUT2D eigenvalue weighted by Crippen LogP contribution is 2.37. The van der Waals surface area contributed by atoms with E-state index in [4.69, 9.17) is 9.47 Å². The van der Waals surface area contributed by atoms with E-state index in [1.54, 1.807) is 7.11 Å². The second-order valence-electron chi connectivity index (χ2n) is 7.01. The maximum atomic E-state index is 12.6. The predicted molar refractivity (Wildman–Crippen MR) is 102 cm³/mol. The minimum absolute atomic E-state index is 0.0638. The minimum Gasteiger partial charge on any atom is -0.466 e. The van der Waals surface area contributed by atoms with Crippen LogP contribution in [0.5, 0.6) is 0 Å². The zero-order chi connectivity index (χ0) is 18.4. The van der Waals surface area contributed by atoms with Crippen LogP contribution in [-0.4, -0.2) is 49.3 Å². The summed E-state index contributed by atoms with van der Waals surface area (Å²) in [5.41, 5.74) is 1.92. The molecule has 2 heterocycles. The SMILES string of the molecule is CCOC(=O)C1(CCOC)CCN(Cc2ccnc3ccccc23)CC1. The Morgan fingerprint density at radius 1 is 1.23 bits per heavy atom. The Hall–Kier alpha value is -1.98. The van der Waals surface area contributed by atoms with Gasteiger partial charge in [0.05, 0.1) is 17.5 Å². The number of carbonyl (C=O) groups is 1. The van der Waals surface area contributed by atoms with Crippen LogP contribution in [0.3, 0.4) is 0 Å². The Morgan fingerprint density at radius 3 is 2.73 bits per heavy atom. The fourth-order valence-electron chi connectivity index (χ4n) is 3.81. The van der Waals surface area contributed by atoms with Crippen LogP contribution in [0.25, 0.3) is 10.9 Å². The van der Waals surface area contributed by atoms with Gasteiger partial charge in [0.15, 0.2) is 0 Å². The summed E-state index contributed by atoms with van der Waals surface area (Å²) in [5, 5.41) is 1.21. The first-order valence-corrected chi connectivity index (χ1v) is 9.40. The van der Waals surface area contributed by atoms with Crippen LogP contribution in [0.1, 0.15) is 31.7 Å². The molecule has 1 aliphatic rings. The zero-order valence-electron chi connectivity index (χ0n) is 15.7. The average molecular weight is 356 g/mol. The molecule has 1 aliphatic heterocycles. The van der Waals surface area contributed by atoms with Crippen LogP contribution in [0.2, 0.25) is 0 Å². The van der Waals surface area contributed by atoms with Crippen molar-refractivity contribution in [2.75, 3.05) is 33.4 Å². The highest BCUT2D eigenvalue weighted by atomic mass is 16.5. The molecule has 1 aromatic carbocycles. The zero-order valence-corrected chi connectivity index (χ0v) is 15.7. The molecular formula is C21H28N2O3. The van der Waals surface area contributed by atoms with Crippen molar-refractivity contribution in [1.82, 2.24) is 9.88 Å². The number of ether oxygens (including phenoxy) is 2. The van der Waals surface area contributed by atoms with Crippen molar-refractivity contribution >= 4 is 16.9 Å². The van der Waals surface area contributed by atoms with Crippen molar-refractivity contribution in [1.29, 1.82) is 0 Å². The Morgan fingerprint density at radius 2 is 2.00 bits per heavy atom. The van der Waals surface area contributed by atoms with Gasteiger partial charge in [-0.25, -0.2) is 0 Å². The molecule has 1 fully saturated rings. The number of piperidine rings is 1. The van der Waals surface area contributed by atoms with Crippen molar-refractivity contribution < 1.29 is 14.3 Å². The summed E-state index contributed by atoms with van der Waals surface area (Å²) in [6.45, 7) is 5.55. The molecular weight excluding hydrogens is 328 g/mol. The number of hydrogen-bond acceptors (Lipinski definition) is 5. The van der Waals surface area contributed by atoms with Crippen molar-refractivity contribution in [2.24, 2.45) is 5.41 Å². The molecule has 0 saturated carbocycles. The standard InChI is InChI=1S/C21H28N2O3/c1-3-26-20(24)21(11-15-25-2)9-13-23(14-10-21)16-17-8-12-22-19-7-5-4-6-18(17)19/h4-8,12H,3,9-11,13-16H2,1-2H3. The van der Waals surface area contributed by atoms with E-state index in [-0.39, 0.29) is 5.97 Å². The number of nitrogens with zero attached hydrogens (tertiary/aromatic N) is 2. The number of esters is 1. The largest absolute Gasteiger partial charge is 0.466 e. The maximum Gasteiger partial charge on any atom is 0.312 e. The number of fused-ring (bicyclic) bond motifs is 1. The summed E-state index contributed by atoms with van der Waals surface area (Å²) < 4.78 is 10.6. The van der Waals surface area contributed by atoms with E-state index in [1.165, 1.54) is 10.9 Å². The monoisotopic (exact) mass is 356 g/mol. The Bertz CT molecular complexity index is 734. The van der Waals surface area contributed by atoms with Crippen molar-refractivity contribution in [3.63, 3.8) is 0 Å². The van der Waals surface area contributed by atoms with Gasteiger partial charge in [-0.1, -0.05) is 18.2 Å². The van der Waals surface area contributed by atoms with E-state index >= 15 is 0 Å². The lowest BCUT2D eigenvalue weighted by atomic mass is 9.75. The first kappa shape index (κ1) is 18.8. The van der Waals surface area contributed by atoms with Crippen molar-refractivity contribution in [3.8, 4) is 0 Å². The maximum absolute atomic E-state index is 12.6. The molecule has 0 N–H and O–H groups in total. The number of methoxy groups -OCH3 is 1. The van der Waals surface area contributed by atoms with Gasteiger partial charge in [-0.15, -0.1) is 0 Å². The number of hydrogen-bond donors (Lipinski definition) is 0. The highest BCUT2D eigenvalue weighted by Gasteiger charge is 2.42. The van der Waals surface area contributed by atoms with E-state index in [9.17, 15) is 4.79 Å². The highest BCUT2D eigenvalue weighted by molar-refractivity contribution is 5.81. The van der Waals surface area contributed by atoms with Gasteiger partial charge in [-0.05, 0) is 57.0 Å². The molecule has 0 spiro atoms. The van der Waals surface area contributed by atoms with E-state index in [0.717, 1.165) is 44.4 Å². The van der Waals surface area contributed by atoms with Gasteiger partial charge in [-0.2, -0.15) is 0 Å². The summed E-state index contributed by atoms with van der Waals surface area (Å²) >= 11 is 0. The molecule has 0 unspecified atom stereocenters. The van der Waals surface area contributed by atoms with Crippen LogP contribution < -0.4 is 0 Å². The van der Waals surface area contributed by atoms with E-state index in [2.05, 4.69) is 28.1 Å². The van der Waals surface area contributed by atoms with Crippen molar-refractivity contribution in [2.45, 2.75) is 32.7 Å². The quantitative estimate of drug-likeness (QED) is 0.712. The second kappa shape index (κ2) is 8.60. The molecule has 0 radical (unpaired) electrons. The third-order valence-corrected chi connectivity index (χ3v) is 5.44. The van der Waals surface area contributed by atoms with Gasteiger partial charge in [0.1, 0.15) is 0 Å². The third-order valence-electron chi connectivity index (χ3n) is 5.44. The second-order valence-corrected chi connectivity index (χ2v) is 7.01. The van der Waals surface area contributed by atoms with E-state index in [0.29, 0.717) is 13.2 Å².